The molecule has 98 valence electrons. The Morgan fingerprint density at radius 3 is 2.89 bits per heavy atom. The second kappa shape index (κ2) is 5.61. The predicted octanol–water partition coefficient (Wildman–Crippen LogP) is 2.73. The molecule has 2 nitrogen and oxygen atoms in total. The summed E-state index contributed by atoms with van der Waals surface area (Å²) in [6, 6.07) is 5.31. The fourth-order valence-electron chi connectivity index (χ4n) is 2.59. The van der Waals surface area contributed by atoms with Crippen molar-refractivity contribution in [1.29, 1.82) is 0 Å². The van der Waals surface area contributed by atoms with Crippen molar-refractivity contribution in [2.45, 2.75) is 39.2 Å². The summed E-state index contributed by atoms with van der Waals surface area (Å²) in [6.45, 7) is 5.86. The molecule has 0 aromatic heterocycles. The molecule has 1 unspecified atom stereocenters. The zero-order valence-electron chi connectivity index (χ0n) is 11.1. The highest BCUT2D eigenvalue weighted by Gasteiger charge is 2.22. The molecule has 1 atom stereocenters. The van der Waals surface area contributed by atoms with Crippen LogP contribution in [0.25, 0.3) is 0 Å². The van der Waals surface area contributed by atoms with Gasteiger partial charge in [0.1, 0.15) is 11.6 Å². The van der Waals surface area contributed by atoms with Crippen LogP contribution in [0.1, 0.15) is 30.9 Å². The van der Waals surface area contributed by atoms with E-state index in [0.29, 0.717) is 24.7 Å². The van der Waals surface area contributed by atoms with Gasteiger partial charge in [-0.3, -0.25) is 9.69 Å². The SMILES string of the molecule is Cc1cc(F)ccc1CCN1CCC(=O)CC1C. The molecule has 0 bridgehead atoms. The average molecular weight is 249 g/mol. The highest BCUT2D eigenvalue weighted by molar-refractivity contribution is 5.79. The Hall–Kier alpha value is -1.22. The van der Waals surface area contributed by atoms with Crippen molar-refractivity contribution in [3.63, 3.8) is 0 Å². The number of Topliss-reactive ketones (excluding diaryl/α,β-unsaturated/α-hetero) is 1. The summed E-state index contributed by atoms with van der Waals surface area (Å²) in [5.41, 5.74) is 2.20. The Morgan fingerprint density at radius 1 is 1.44 bits per heavy atom. The van der Waals surface area contributed by atoms with E-state index in [1.807, 2.05) is 13.0 Å². The van der Waals surface area contributed by atoms with E-state index in [1.54, 1.807) is 6.07 Å². The summed E-state index contributed by atoms with van der Waals surface area (Å²) < 4.78 is 13.0. The van der Waals surface area contributed by atoms with Gasteiger partial charge in [0.25, 0.3) is 0 Å². The molecule has 3 heteroatoms. The minimum atomic E-state index is -0.173. The molecule has 2 rings (SSSR count). The first kappa shape index (κ1) is 13.2. The molecule has 1 aliphatic rings. The minimum Gasteiger partial charge on any atom is -0.300 e. The quantitative estimate of drug-likeness (QED) is 0.821. The van der Waals surface area contributed by atoms with Gasteiger partial charge in [0.05, 0.1) is 0 Å². The fraction of sp³-hybridized carbons (Fsp3) is 0.533. The third-order valence-corrected chi connectivity index (χ3v) is 3.80. The number of likely N-dealkylation sites (tertiary alicyclic amines) is 1. The van der Waals surface area contributed by atoms with Gasteiger partial charge in [-0.05, 0) is 43.5 Å². The molecule has 18 heavy (non-hydrogen) atoms. The maximum Gasteiger partial charge on any atom is 0.135 e. The number of rotatable bonds is 3. The molecule has 1 aliphatic heterocycles. The highest BCUT2D eigenvalue weighted by Crippen LogP contribution is 2.16. The second-order valence-corrected chi connectivity index (χ2v) is 5.20. The molecular weight excluding hydrogens is 229 g/mol. The van der Waals surface area contributed by atoms with Crippen LogP contribution in [0, 0.1) is 12.7 Å². The van der Waals surface area contributed by atoms with E-state index in [4.69, 9.17) is 0 Å². The van der Waals surface area contributed by atoms with Gasteiger partial charge in [-0.2, -0.15) is 0 Å². The van der Waals surface area contributed by atoms with Crippen LogP contribution in [0.4, 0.5) is 4.39 Å². The van der Waals surface area contributed by atoms with Crippen LogP contribution >= 0.6 is 0 Å². The summed E-state index contributed by atoms with van der Waals surface area (Å²) in [4.78, 5) is 13.7. The standard InChI is InChI=1S/C15H20FNO/c1-11-9-14(16)4-3-13(11)5-7-17-8-6-15(18)10-12(17)2/h3-4,9,12H,5-8,10H2,1-2H3. The first-order valence-electron chi connectivity index (χ1n) is 6.57. The van der Waals surface area contributed by atoms with E-state index in [9.17, 15) is 9.18 Å². The van der Waals surface area contributed by atoms with E-state index in [1.165, 1.54) is 11.6 Å². The number of hydrogen-bond acceptors (Lipinski definition) is 2. The molecule has 1 heterocycles. The first-order chi connectivity index (χ1) is 8.56. The lowest BCUT2D eigenvalue weighted by molar-refractivity contribution is -0.122. The topological polar surface area (TPSA) is 20.3 Å². The smallest absolute Gasteiger partial charge is 0.135 e. The third-order valence-electron chi connectivity index (χ3n) is 3.80. The van der Waals surface area contributed by atoms with E-state index in [2.05, 4.69) is 11.8 Å². The van der Waals surface area contributed by atoms with Crippen LogP contribution in [-0.2, 0) is 11.2 Å². The predicted molar refractivity (Wildman–Crippen MR) is 70.1 cm³/mol. The Kier molecular flexibility index (Phi) is 4.12. The van der Waals surface area contributed by atoms with Crippen molar-refractivity contribution < 1.29 is 9.18 Å². The van der Waals surface area contributed by atoms with E-state index in [0.717, 1.165) is 25.1 Å². The van der Waals surface area contributed by atoms with Crippen LogP contribution in [0.3, 0.4) is 0 Å². The van der Waals surface area contributed by atoms with Gasteiger partial charge in [0.15, 0.2) is 0 Å². The molecule has 0 amide bonds. The van der Waals surface area contributed by atoms with Gasteiger partial charge in [-0.15, -0.1) is 0 Å². The molecule has 1 aromatic carbocycles. The average Bonchev–Trinajstić information content (AvgIpc) is 2.30. The van der Waals surface area contributed by atoms with E-state index in [-0.39, 0.29) is 5.82 Å². The van der Waals surface area contributed by atoms with Crippen molar-refractivity contribution >= 4 is 5.78 Å². The van der Waals surface area contributed by atoms with Crippen molar-refractivity contribution in [3.8, 4) is 0 Å². The lowest BCUT2D eigenvalue weighted by Crippen LogP contribution is -2.42. The van der Waals surface area contributed by atoms with Gasteiger partial charge in [-0.1, -0.05) is 6.07 Å². The van der Waals surface area contributed by atoms with Gasteiger partial charge in [0.2, 0.25) is 0 Å². The van der Waals surface area contributed by atoms with Crippen LogP contribution in [-0.4, -0.2) is 29.8 Å². The molecule has 0 N–H and O–H groups in total. The van der Waals surface area contributed by atoms with Crippen molar-refractivity contribution in [3.05, 3.63) is 35.1 Å². The summed E-state index contributed by atoms with van der Waals surface area (Å²) in [6.07, 6.45) is 2.26. The minimum absolute atomic E-state index is 0.173. The normalized spacial score (nSPS) is 21.3. The van der Waals surface area contributed by atoms with Crippen molar-refractivity contribution in [1.82, 2.24) is 4.90 Å². The number of piperidine rings is 1. The lowest BCUT2D eigenvalue weighted by atomic mass is 10.0. The Balaban J connectivity index is 1.93. The van der Waals surface area contributed by atoms with Gasteiger partial charge in [0, 0.05) is 32.0 Å². The number of carbonyl (C=O) groups excluding carboxylic acids is 1. The number of nitrogens with zero attached hydrogens (tertiary/aromatic N) is 1. The molecule has 1 fully saturated rings. The number of benzene rings is 1. The van der Waals surface area contributed by atoms with Gasteiger partial charge >= 0.3 is 0 Å². The molecule has 0 radical (unpaired) electrons. The largest absolute Gasteiger partial charge is 0.300 e. The Labute approximate surface area is 108 Å². The molecule has 0 aliphatic carbocycles. The Morgan fingerprint density at radius 2 is 2.22 bits per heavy atom. The molecule has 0 saturated carbocycles. The summed E-state index contributed by atoms with van der Waals surface area (Å²) >= 11 is 0. The summed E-state index contributed by atoms with van der Waals surface area (Å²) in [5, 5.41) is 0. The third kappa shape index (κ3) is 3.16. The molecule has 1 aromatic rings. The molecular formula is C15H20FNO. The van der Waals surface area contributed by atoms with E-state index < -0.39 is 0 Å². The first-order valence-corrected chi connectivity index (χ1v) is 6.57. The lowest BCUT2D eigenvalue weighted by Gasteiger charge is -2.32. The summed E-state index contributed by atoms with van der Waals surface area (Å²) in [5.74, 6) is 0.199. The highest BCUT2D eigenvalue weighted by atomic mass is 19.1. The van der Waals surface area contributed by atoms with Crippen LogP contribution in [0.2, 0.25) is 0 Å². The van der Waals surface area contributed by atoms with Gasteiger partial charge < -0.3 is 0 Å². The van der Waals surface area contributed by atoms with Crippen molar-refractivity contribution in [2.75, 3.05) is 13.1 Å². The van der Waals surface area contributed by atoms with Crippen molar-refractivity contribution in [2.24, 2.45) is 0 Å². The fourth-order valence-corrected chi connectivity index (χ4v) is 2.59. The second-order valence-electron chi connectivity index (χ2n) is 5.20. The van der Waals surface area contributed by atoms with E-state index >= 15 is 0 Å². The van der Waals surface area contributed by atoms with Crippen LogP contribution in [0.15, 0.2) is 18.2 Å². The zero-order chi connectivity index (χ0) is 13.1. The summed E-state index contributed by atoms with van der Waals surface area (Å²) in [7, 11) is 0. The maximum atomic E-state index is 13.0. The number of carbonyl (C=O) groups is 1. The maximum absolute atomic E-state index is 13.0. The number of halogens is 1. The molecule has 1 saturated heterocycles. The number of aryl methyl sites for hydroxylation is 1. The van der Waals surface area contributed by atoms with Crippen LogP contribution < -0.4 is 0 Å². The zero-order valence-corrected chi connectivity index (χ0v) is 11.1. The monoisotopic (exact) mass is 249 g/mol. The number of hydrogen-bond donors (Lipinski definition) is 0. The Bertz CT molecular complexity index is 444. The van der Waals surface area contributed by atoms with Gasteiger partial charge in [-0.25, -0.2) is 4.39 Å². The van der Waals surface area contributed by atoms with Crippen LogP contribution in [0.5, 0.6) is 0 Å². The number of ketones is 1. The molecule has 0 spiro atoms.